The van der Waals surface area contributed by atoms with Gasteiger partial charge in [0.15, 0.2) is 0 Å². The SMILES string of the molecule is [Pd].[c-]1nn[nH]n1. The molecule has 0 radical (unpaired) electrons. The second kappa shape index (κ2) is 2.94. The number of hydrogen-bond donors (Lipinski definition) is 1. The predicted octanol–water partition coefficient (Wildman–Crippen LogP) is -1.00. The van der Waals surface area contributed by atoms with Crippen molar-refractivity contribution in [3.8, 4) is 0 Å². The van der Waals surface area contributed by atoms with Crippen molar-refractivity contribution in [1.29, 1.82) is 0 Å². The number of rotatable bonds is 0. The Morgan fingerprint density at radius 3 is 2.50 bits per heavy atom. The molecule has 0 bridgehead atoms. The van der Waals surface area contributed by atoms with Crippen LogP contribution >= 0.6 is 0 Å². The van der Waals surface area contributed by atoms with E-state index in [1.165, 1.54) is 0 Å². The van der Waals surface area contributed by atoms with Crippen LogP contribution in [0.25, 0.3) is 0 Å². The van der Waals surface area contributed by atoms with E-state index in [0.717, 1.165) is 0 Å². The summed E-state index contributed by atoms with van der Waals surface area (Å²) >= 11 is 0. The molecule has 1 aromatic rings. The summed E-state index contributed by atoms with van der Waals surface area (Å²) in [5.74, 6) is 0. The van der Waals surface area contributed by atoms with E-state index in [-0.39, 0.29) is 20.4 Å². The molecule has 0 amide bonds. The first kappa shape index (κ1) is 5.73. The molecule has 0 saturated heterocycles. The summed E-state index contributed by atoms with van der Waals surface area (Å²) < 4.78 is 0. The Morgan fingerprint density at radius 2 is 2.33 bits per heavy atom. The first-order chi connectivity index (χ1) is 2.50. The summed E-state index contributed by atoms with van der Waals surface area (Å²) in [6, 6.07) is 0. The van der Waals surface area contributed by atoms with Crippen LogP contribution < -0.4 is 0 Å². The van der Waals surface area contributed by atoms with Crippen LogP contribution in [0.3, 0.4) is 0 Å². The Labute approximate surface area is 48.0 Å². The van der Waals surface area contributed by atoms with Crippen LogP contribution in [0.5, 0.6) is 0 Å². The summed E-state index contributed by atoms with van der Waals surface area (Å²) in [5, 5.41) is 11.8. The molecule has 0 spiro atoms. The van der Waals surface area contributed by atoms with Crippen LogP contribution in [0.4, 0.5) is 0 Å². The van der Waals surface area contributed by atoms with E-state index in [1.54, 1.807) is 0 Å². The van der Waals surface area contributed by atoms with Gasteiger partial charge in [-0.2, -0.15) is 0 Å². The van der Waals surface area contributed by atoms with Gasteiger partial charge in [0.25, 0.3) is 0 Å². The monoisotopic (exact) mass is 175 g/mol. The fourth-order valence-corrected chi connectivity index (χ4v) is 0.112. The Morgan fingerprint density at radius 1 is 1.50 bits per heavy atom. The topological polar surface area (TPSA) is 54.5 Å². The molecule has 0 aliphatic rings. The first-order valence-corrected chi connectivity index (χ1v) is 1.09. The van der Waals surface area contributed by atoms with Gasteiger partial charge in [-0.3, -0.25) is 0 Å². The largest absolute Gasteiger partial charge is 0.357 e. The summed E-state index contributed by atoms with van der Waals surface area (Å²) in [7, 11) is 0. The van der Waals surface area contributed by atoms with E-state index in [2.05, 4.69) is 27.0 Å². The fourth-order valence-electron chi connectivity index (χ4n) is 0.112. The molecule has 36 valence electrons. The van der Waals surface area contributed by atoms with Crippen LogP contribution in [0, 0.1) is 6.33 Å². The van der Waals surface area contributed by atoms with Gasteiger partial charge in [-0.1, -0.05) is 5.21 Å². The van der Waals surface area contributed by atoms with Crippen LogP contribution in [0.15, 0.2) is 0 Å². The van der Waals surface area contributed by atoms with Crippen molar-refractivity contribution in [2.75, 3.05) is 0 Å². The van der Waals surface area contributed by atoms with E-state index < -0.39 is 0 Å². The molecular weight excluding hydrogens is 174 g/mol. The minimum Gasteiger partial charge on any atom is -0.357 e. The first-order valence-electron chi connectivity index (χ1n) is 1.09. The molecule has 1 rings (SSSR count). The van der Waals surface area contributed by atoms with Gasteiger partial charge in [-0.25, -0.2) is 11.5 Å². The van der Waals surface area contributed by atoms with Gasteiger partial charge in [0.1, 0.15) is 0 Å². The minimum atomic E-state index is 0. The zero-order chi connectivity index (χ0) is 3.54. The van der Waals surface area contributed by atoms with Crippen LogP contribution in [-0.2, 0) is 20.4 Å². The van der Waals surface area contributed by atoms with Gasteiger partial charge >= 0.3 is 0 Å². The Kier molecular flexibility index (Phi) is 2.81. The second-order valence-corrected chi connectivity index (χ2v) is 0.512. The zero-order valence-electron chi connectivity index (χ0n) is 2.66. The van der Waals surface area contributed by atoms with Gasteiger partial charge in [-0.15, -0.1) is 0 Å². The molecule has 0 aromatic carbocycles. The molecule has 1 aromatic heterocycles. The Bertz CT molecular complexity index is 64.0. The minimum absolute atomic E-state index is 0. The van der Waals surface area contributed by atoms with Crippen LogP contribution in [-0.4, -0.2) is 20.6 Å². The third-order valence-corrected chi connectivity index (χ3v) is 0.239. The van der Waals surface area contributed by atoms with Crippen LogP contribution in [0.2, 0.25) is 0 Å². The third kappa shape index (κ3) is 1.24. The molecule has 0 atom stereocenters. The number of aromatic amines is 1. The molecule has 1 N–H and O–H groups in total. The number of nitrogens with one attached hydrogen (secondary N) is 1. The quantitative estimate of drug-likeness (QED) is 0.406. The number of nitrogens with zero attached hydrogens (tertiary/aromatic N) is 3. The number of H-pyrrole nitrogens is 1. The fraction of sp³-hybridized carbons (Fsp3) is 0. The maximum atomic E-state index is 3.25. The molecule has 5 heteroatoms. The summed E-state index contributed by atoms with van der Waals surface area (Å²) in [6.07, 6.45) is 2.19. The summed E-state index contributed by atoms with van der Waals surface area (Å²) in [6.45, 7) is 0. The van der Waals surface area contributed by atoms with Gasteiger partial charge < -0.3 is 10.2 Å². The smallest absolute Gasteiger partial charge is 0 e. The maximum absolute atomic E-state index is 3.25. The average molecular weight is 175 g/mol. The van der Waals surface area contributed by atoms with Crippen LogP contribution in [0.1, 0.15) is 0 Å². The van der Waals surface area contributed by atoms with Gasteiger partial charge in [0, 0.05) is 20.4 Å². The predicted molar refractivity (Wildman–Crippen MR) is 13.0 cm³/mol. The third-order valence-electron chi connectivity index (χ3n) is 0.239. The molecule has 6 heavy (non-hydrogen) atoms. The molecule has 4 nitrogen and oxygen atoms in total. The zero-order valence-corrected chi connectivity index (χ0v) is 4.21. The second-order valence-electron chi connectivity index (χ2n) is 0.512. The van der Waals surface area contributed by atoms with E-state index in [1.807, 2.05) is 0 Å². The molecule has 0 unspecified atom stereocenters. The average Bonchev–Trinajstić information content (AvgIpc) is 1.76. The number of tetrazole rings is 1. The Hall–Kier alpha value is -0.268. The molecule has 1 heterocycles. The Balaban J connectivity index is 0.000000250. The van der Waals surface area contributed by atoms with Crippen molar-refractivity contribution >= 4 is 0 Å². The van der Waals surface area contributed by atoms with E-state index in [4.69, 9.17) is 0 Å². The van der Waals surface area contributed by atoms with E-state index >= 15 is 0 Å². The van der Waals surface area contributed by atoms with Crippen molar-refractivity contribution in [3.63, 3.8) is 0 Å². The normalized spacial score (nSPS) is 6.67. The standard InChI is InChI=1S/CHN4.Pd/c1-2-4-5-3-1;/h(H,2,3,4,5);/q-1;. The number of hydrogen-bond acceptors (Lipinski definition) is 3. The van der Waals surface area contributed by atoms with Gasteiger partial charge in [-0.05, 0) is 0 Å². The van der Waals surface area contributed by atoms with Crippen molar-refractivity contribution in [2.24, 2.45) is 0 Å². The van der Waals surface area contributed by atoms with Crippen molar-refractivity contribution < 1.29 is 20.4 Å². The number of aromatic nitrogens is 4. The van der Waals surface area contributed by atoms with Gasteiger partial charge in [0.05, 0.1) is 0 Å². The summed E-state index contributed by atoms with van der Waals surface area (Å²) in [4.78, 5) is 0. The molecule has 0 saturated carbocycles. The maximum Gasteiger partial charge on any atom is 0 e. The van der Waals surface area contributed by atoms with E-state index in [9.17, 15) is 0 Å². The van der Waals surface area contributed by atoms with Crippen molar-refractivity contribution in [1.82, 2.24) is 20.6 Å². The molecule has 0 aliphatic carbocycles. The molecular formula is CHN4Pd-. The molecule has 0 fully saturated rings. The summed E-state index contributed by atoms with van der Waals surface area (Å²) in [5.41, 5.74) is 0. The van der Waals surface area contributed by atoms with Gasteiger partial charge in [0.2, 0.25) is 0 Å². The molecule has 0 aliphatic heterocycles. The van der Waals surface area contributed by atoms with E-state index in [0.29, 0.717) is 0 Å². The van der Waals surface area contributed by atoms with Crippen molar-refractivity contribution in [2.45, 2.75) is 0 Å². The van der Waals surface area contributed by atoms with Crippen molar-refractivity contribution in [3.05, 3.63) is 6.33 Å².